The fourth-order valence-corrected chi connectivity index (χ4v) is 3.77. The number of benzene rings is 2. The molecular weight excluding hydrogens is 320 g/mol. The summed E-state index contributed by atoms with van der Waals surface area (Å²) in [5.74, 6) is 0.298. The number of nitrogens with zero attached hydrogens (tertiary/aromatic N) is 1. The van der Waals surface area contributed by atoms with Gasteiger partial charge in [0.25, 0.3) is 0 Å². The molecule has 1 heterocycles. The highest BCUT2D eigenvalue weighted by atomic mass is 32.1. The van der Waals surface area contributed by atoms with E-state index in [0.29, 0.717) is 5.56 Å². The van der Waals surface area contributed by atoms with Crippen LogP contribution in [0.2, 0.25) is 0 Å². The molecule has 0 fully saturated rings. The highest BCUT2D eigenvalue weighted by Crippen LogP contribution is 2.40. The topological polar surface area (TPSA) is 78.8 Å². The van der Waals surface area contributed by atoms with Crippen molar-refractivity contribution in [2.45, 2.75) is 13.8 Å². The molecule has 3 aromatic rings. The van der Waals surface area contributed by atoms with Gasteiger partial charge in [-0.05, 0) is 53.6 Å². The SMILES string of the molecule is Cc1csc(C)c1-c1c(/C(N)=N/O)cccc1-c1ccc(O)cc1. The van der Waals surface area contributed by atoms with Crippen LogP contribution in [-0.4, -0.2) is 16.1 Å². The third-order valence-corrected chi connectivity index (χ3v) is 5.06. The van der Waals surface area contributed by atoms with Crippen molar-refractivity contribution in [3.8, 4) is 28.0 Å². The first-order chi connectivity index (χ1) is 11.5. The summed E-state index contributed by atoms with van der Waals surface area (Å²) in [6, 6.07) is 12.8. The summed E-state index contributed by atoms with van der Waals surface area (Å²) in [7, 11) is 0. The van der Waals surface area contributed by atoms with Gasteiger partial charge < -0.3 is 16.0 Å². The number of aromatic hydroxyl groups is 1. The van der Waals surface area contributed by atoms with Gasteiger partial charge in [0.05, 0.1) is 0 Å². The maximum atomic E-state index is 9.56. The van der Waals surface area contributed by atoms with Gasteiger partial charge in [-0.1, -0.05) is 35.5 Å². The standard InChI is InChI=1S/C19H18N2O2S/c1-11-10-24-12(2)17(11)18-15(13-6-8-14(22)9-7-13)4-3-5-16(18)19(20)21-23/h3-10,22-23H,1-2H3,(H2,20,21). The number of nitrogens with two attached hydrogens (primary N) is 1. The molecule has 0 bridgehead atoms. The number of aryl methyl sites for hydroxylation is 2. The Morgan fingerprint density at radius 1 is 1.04 bits per heavy atom. The lowest BCUT2D eigenvalue weighted by atomic mass is 9.88. The highest BCUT2D eigenvalue weighted by molar-refractivity contribution is 7.10. The minimum atomic E-state index is 0.0793. The van der Waals surface area contributed by atoms with E-state index < -0.39 is 0 Å². The number of phenolic OH excluding ortho intramolecular Hbond substituents is 1. The number of phenols is 1. The van der Waals surface area contributed by atoms with Gasteiger partial charge in [0.15, 0.2) is 5.84 Å². The van der Waals surface area contributed by atoms with E-state index in [2.05, 4.69) is 24.4 Å². The molecule has 5 heteroatoms. The average Bonchev–Trinajstić information content (AvgIpc) is 2.92. The average molecular weight is 338 g/mol. The van der Waals surface area contributed by atoms with E-state index in [9.17, 15) is 10.3 Å². The first-order valence-electron chi connectivity index (χ1n) is 7.48. The summed E-state index contributed by atoms with van der Waals surface area (Å²) in [6.45, 7) is 4.12. The quantitative estimate of drug-likeness (QED) is 0.285. The second-order valence-corrected chi connectivity index (χ2v) is 6.69. The van der Waals surface area contributed by atoms with Gasteiger partial charge in [-0.25, -0.2) is 0 Å². The van der Waals surface area contributed by atoms with Gasteiger partial charge >= 0.3 is 0 Å². The lowest BCUT2D eigenvalue weighted by Crippen LogP contribution is -2.15. The zero-order valence-corrected chi connectivity index (χ0v) is 14.3. The minimum absolute atomic E-state index is 0.0793. The van der Waals surface area contributed by atoms with Crippen LogP contribution in [0.4, 0.5) is 0 Å². The van der Waals surface area contributed by atoms with Crippen molar-refractivity contribution in [3.05, 3.63) is 63.8 Å². The van der Waals surface area contributed by atoms with Crippen LogP contribution in [0.15, 0.2) is 53.0 Å². The molecule has 0 unspecified atom stereocenters. The van der Waals surface area contributed by atoms with E-state index in [1.165, 1.54) is 4.88 Å². The van der Waals surface area contributed by atoms with Crippen molar-refractivity contribution in [1.29, 1.82) is 0 Å². The smallest absolute Gasteiger partial charge is 0.170 e. The van der Waals surface area contributed by atoms with Gasteiger partial charge in [0.2, 0.25) is 0 Å². The molecule has 3 rings (SSSR count). The third-order valence-electron chi connectivity index (χ3n) is 4.04. The monoisotopic (exact) mass is 338 g/mol. The fourth-order valence-electron chi connectivity index (χ4n) is 2.92. The van der Waals surface area contributed by atoms with E-state index >= 15 is 0 Å². The normalized spacial score (nSPS) is 11.7. The molecule has 4 nitrogen and oxygen atoms in total. The van der Waals surface area contributed by atoms with Gasteiger partial charge in [-0.2, -0.15) is 0 Å². The van der Waals surface area contributed by atoms with Crippen molar-refractivity contribution in [2.24, 2.45) is 10.9 Å². The summed E-state index contributed by atoms with van der Waals surface area (Å²) >= 11 is 1.68. The molecule has 0 aliphatic carbocycles. The molecule has 4 N–H and O–H groups in total. The lowest BCUT2D eigenvalue weighted by molar-refractivity contribution is 0.318. The van der Waals surface area contributed by atoms with Crippen molar-refractivity contribution >= 4 is 17.2 Å². The highest BCUT2D eigenvalue weighted by Gasteiger charge is 2.19. The second-order valence-electron chi connectivity index (χ2n) is 5.61. The summed E-state index contributed by atoms with van der Waals surface area (Å²) in [5.41, 5.74) is 11.7. The minimum Gasteiger partial charge on any atom is -0.508 e. The molecule has 1 aromatic heterocycles. The van der Waals surface area contributed by atoms with Crippen LogP contribution in [-0.2, 0) is 0 Å². The number of hydrogen-bond donors (Lipinski definition) is 3. The molecule has 0 aliphatic rings. The van der Waals surface area contributed by atoms with E-state index in [0.717, 1.165) is 27.8 Å². The maximum absolute atomic E-state index is 9.56. The van der Waals surface area contributed by atoms with Gasteiger partial charge in [0.1, 0.15) is 5.75 Å². The number of oxime groups is 1. The Morgan fingerprint density at radius 2 is 1.75 bits per heavy atom. The van der Waals surface area contributed by atoms with Crippen LogP contribution >= 0.6 is 11.3 Å². The Bertz CT molecular complexity index is 892. The second kappa shape index (κ2) is 6.37. The Morgan fingerprint density at radius 3 is 2.33 bits per heavy atom. The molecule has 0 amide bonds. The van der Waals surface area contributed by atoms with Crippen LogP contribution in [0.3, 0.4) is 0 Å². The molecule has 0 saturated carbocycles. The molecule has 0 spiro atoms. The number of rotatable bonds is 3. The van der Waals surface area contributed by atoms with Crippen LogP contribution in [0.1, 0.15) is 16.0 Å². The zero-order chi connectivity index (χ0) is 17.3. The summed E-state index contributed by atoms with van der Waals surface area (Å²) in [4.78, 5) is 1.17. The van der Waals surface area contributed by atoms with E-state index in [1.54, 1.807) is 23.5 Å². The van der Waals surface area contributed by atoms with E-state index in [4.69, 9.17) is 5.73 Å². The predicted octanol–water partition coefficient (Wildman–Crippen LogP) is 4.50. The van der Waals surface area contributed by atoms with Crippen molar-refractivity contribution < 1.29 is 10.3 Å². The van der Waals surface area contributed by atoms with E-state index in [1.807, 2.05) is 30.3 Å². The number of hydrogen-bond acceptors (Lipinski definition) is 4. The maximum Gasteiger partial charge on any atom is 0.170 e. The fraction of sp³-hybridized carbons (Fsp3) is 0.105. The van der Waals surface area contributed by atoms with Gasteiger partial charge in [0, 0.05) is 16.0 Å². The summed E-state index contributed by atoms with van der Waals surface area (Å²) in [5, 5.41) is 24.0. The molecule has 2 aromatic carbocycles. The summed E-state index contributed by atoms with van der Waals surface area (Å²) < 4.78 is 0. The van der Waals surface area contributed by atoms with Gasteiger partial charge in [-0.15, -0.1) is 11.3 Å². The molecule has 0 radical (unpaired) electrons. The molecule has 0 atom stereocenters. The Kier molecular flexibility index (Phi) is 4.27. The number of thiophene rings is 1. The largest absolute Gasteiger partial charge is 0.508 e. The Labute approximate surface area is 144 Å². The first-order valence-corrected chi connectivity index (χ1v) is 8.36. The van der Waals surface area contributed by atoms with Crippen molar-refractivity contribution in [1.82, 2.24) is 0 Å². The van der Waals surface area contributed by atoms with Crippen molar-refractivity contribution in [3.63, 3.8) is 0 Å². The summed E-state index contributed by atoms with van der Waals surface area (Å²) in [6.07, 6.45) is 0. The van der Waals surface area contributed by atoms with Crippen LogP contribution in [0.5, 0.6) is 5.75 Å². The van der Waals surface area contributed by atoms with Crippen LogP contribution in [0.25, 0.3) is 22.3 Å². The molecule has 24 heavy (non-hydrogen) atoms. The molecular formula is C19H18N2O2S. The molecule has 122 valence electrons. The number of amidine groups is 1. The Balaban J connectivity index is 2.36. The van der Waals surface area contributed by atoms with Crippen molar-refractivity contribution in [2.75, 3.05) is 0 Å². The van der Waals surface area contributed by atoms with Crippen LogP contribution in [0, 0.1) is 13.8 Å². The third kappa shape index (κ3) is 2.74. The van der Waals surface area contributed by atoms with Gasteiger partial charge in [-0.3, -0.25) is 0 Å². The zero-order valence-electron chi connectivity index (χ0n) is 13.4. The van der Waals surface area contributed by atoms with E-state index in [-0.39, 0.29) is 11.6 Å². The Hall–Kier alpha value is -2.79. The molecule has 0 saturated heterocycles. The first kappa shape index (κ1) is 16.1. The molecule has 0 aliphatic heterocycles. The van der Waals surface area contributed by atoms with Crippen LogP contribution < -0.4 is 5.73 Å². The predicted molar refractivity (Wildman–Crippen MR) is 98.8 cm³/mol. The lowest BCUT2D eigenvalue weighted by Gasteiger charge is -2.16.